The maximum Gasteiger partial charge on any atom is 0.250 e. The zero-order valence-corrected chi connectivity index (χ0v) is 11.6. The minimum atomic E-state index is -0.343. The Morgan fingerprint density at radius 1 is 1.39 bits per heavy atom. The number of hydrogen-bond acceptors (Lipinski definition) is 4. The van der Waals surface area contributed by atoms with Crippen LogP contribution in [0.2, 0.25) is 0 Å². The number of carbonyl (C=O) groups excluding carboxylic acids is 2. The quantitative estimate of drug-likeness (QED) is 0.828. The van der Waals surface area contributed by atoms with Gasteiger partial charge in [0.1, 0.15) is 0 Å². The lowest BCUT2D eigenvalue weighted by atomic mass is 10.4. The number of hydrogen-bond donors (Lipinski definition) is 1. The SMILES string of the molecule is CCN(CC)C(=O)/C=C/C(=O)Nc1nc(C)cs1. The van der Waals surface area contributed by atoms with Crippen molar-refractivity contribution in [3.8, 4) is 0 Å². The first kappa shape index (κ1) is 14.4. The number of nitrogens with one attached hydrogen (secondary N) is 1. The molecule has 5 nitrogen and oxygen atoms in total. The van der Waals surface area contributed by atoms with Crippen molar-refractivity contribution in [2.24, 2.45) is 0 Å². The van der Waals surface area contributed by atoms with Crippen LogP contribution in [0, 0.1) is 6.92 Å². The summed E-state index contributed by atoms with van der Waals surface area (Å²) < 4.78 is 0. The van der Waals surface area contributed by atoms with Gasteiger partial charge in [-0.05, 0) is 20.8 Å². The molecule has 6 heteroatoms. The summed E-state index contributed by atoms with van der Waals surface area (Å²) in [7, 11) is 0. The highest BCUT2D eigenvalue weighted by Crippen LogP contribution is 2.13. The molecule has 0 fully saturated rings. The Kier molecular flexibility index (Phi) is 5.51. The molecule has 0 aromatic carbocycles. The van der Waals surface area contributed by atoms with Gasteiger partial charge >= 0.3 is 0 Å². The molecule has 1 rings (SSSR count). The highest BCUT2D eigenvalue weighted by molar-refractivity contribution is 7.13. The lowest BCUT2D eigenvalue weighted by molar-refractivity contribution is -0.126. The summed E-state index contributed by atoms with van der Waals surface area (Å²) in [5.74, 6) is -0.504. The normalized spacial score (nSPS) is 10.6. The van der Waals surface area contributed by atoms with E-state index >= 15 is 0 Å². The van der Waals surface area contributed by atoms with Gasteiger partial charge in [-0.3, -0.25) is 14.9 Å². The van der Waals surface area contributed by atoms with E-state index in [2.05, 4.69) is 10.3 Å². The van der Waals surface area contributed by atoms with Gasteiger partial charge in [-0.25, -0.2) is 4.98 Å². The molecule has 0 saturated heterocycles. The summed E-state index contributed by atoms with van der Waals surface area (Å²) in [6, 6.07) is 0. The second kappa shape index (κ2) is 6.90. The lowest BCUT2D eigenvalue weighted by Crippen LogP contribution is -2.29. The number of aromatic nitrogens is 1. The molecule has 0 aliphatic rings. The number of likely N-dealkylation sites (N-methyl/N-ethyl adjacent to an activating group) is 1. The van der Waals surface area contributed by atoms with Crippen LogP contribution in [0.15, 0.2) is 17.5 Å². The van der Waals surface area contributed by atoms with E-state index in [4.69, 9.17) is 0 Å². The number of carbonyl (C=O) groups is 2. The van der Waals surface area contributed by atoms with Gasteiger partial charge in [-0.2, -0.15) is 0 Å². The molecule has 1 heterocycles. The average Bonchev–Trinajstić information content (AvgIpc) is 2.73. The Hall–Kier alpha value is -1.69. The highest BCUT2D eigenvalue weighted by atomic mass is 32.1. The van der Waals surface area contributed by atoms with Crippen molar-refractivity contribution in [3.05, 3.63) is 23.2 Å². The van der Waals surface area contributed by atoms with E-state index in [1.54, 1.807) is 4.90 Å². The Bertz CT molecular complexity index is 450. The predicted molar refractivity (Wildman–Crippen MR) is 72.5 cm³/mol. The van der Waals surface area contributed by atoms with Gasteiger partial charge in [-0.1, -0.05) is 0 Å². The zero-order valence-electron chi connectivity index (χ0n) is 10.8. The Morgan fingerprint density at radius 2 is 2.06 bits per heavy atom. The first-order valence-electron chi connectivity index (χ1n) is 5.76. The van der Waals surface area contributed by atoms with E-state index in [0.29, 0.717) is 18.2 Å². The van der Waals surface area contributed by atoms with Crippen LogP contribution in [-0.2, 0) is 9.59 Å². The summed E-state index contributed by atoms with van der Waals surface area (Å²) in [6.45, 7) is 6.91. The van der Waals surface area contributed by atoms with Gasteiger partial charge in [-0.15, -0.1) is 11.3 Å². The van der Waals surface area contributed by atoms with Gasteiger partial charge < -0.3 is 4.90 Å². The molecule has 1 aromatic rings. The van der Waals surface area contributed by atoms with Gasteiger partial charge in [0.15, 0.2) is 5.13 Å². The maximum atomic E-state index is 11.6. The number of amides is 2. The number of aryl methyl sites for hydroxylation is 1. The summed E-state index contributed by atoms with van der Waals surface area (Å²) in [5, 5.41) is 4.99. The molecule has 0 aliphatic carbocycles. The smallest absolute Gasteiger partial charge is 0.250 e. The third-order valence-corrected chi connectivity index (χ3v) is 3.18. The Balaban J connectivity index is 2.51. The average molecular weight is 267 g/mol. The molecule has 0 atom stereocenters. The largest absolute Gasteiger partial charge is 0.340 e. The molecule has 0 unspecified atom stereocenters. The molecule has 0 saturated carbocycles. The zero-order chi connectivity index (χ0) is 13.5. The number of anilines is 1. The highest BCUT2D eigenvalue weighted by Gasteiger charge is 2.06. The molecule has 0 aliphatic heterocycles. The van der Waals surface area contributed by atoms with E-state index in [1.807, 2.05) is 26.2 Å². The maximum absolute atomic E-state index is 11.6. The van der Waals surface area contributed by atoms with E-state index < -0.39 is 0 Å². The first-order chi connectivity index (χ1) is 8.56. The Morgan fingerprint density at radius 3 is 2.56 bits per heavy atom. The second-order valence-electron chi connectivity index (χ2n) is 3.63. The standard InChI is InChI=1S/C12H17N3O2S/c1-4-15(5-2)11(17)7-6-10(16)14-12-13-9(3)8-18-12/h6-8H,4-5H2,1-3H3,(H,13,14,16)/b7-6+. The predicted octanol–water partition coefficient (Wildman–Crippen LogP) is 1.81. The summed E-state index contributed by atoms with van der Waals surface area (Å²) >= 11 is 1.36. The fourth-order valence-electron chi connectivity index (χ4n) is 1.35. The number of rotatable bonds is 5. The van der Waals surface area contributed by atoms with Crippen LogP contribution in [0.3, 0.4) is 0 Å². The summed E-state index contributed by atoms with van der Waals surface area (Å²) in [4.78, 5) is 28.9. The minimum Gasteiger partial charge on any atom is -0.340 e. The Labute approximate surface area is 111 Å². The lowest BCUT2D eigenvalue weighted by Gasteiger charge is -2.15. The van der Waals surface area contributed by atoms with Gasteiger partial charge in [0.05, 0.1) is 5.69 Å². The van der Waals surface area contributed by atoms with Gasteiger partial charge in [0.2, 0.25) is 11.8 Å². The molecule has 0 radical (unpaired) electrons. The van der Waals surface area contributed by atoms with Crippen molar-refractivity contribution in [2.75, 3.05) is 18.4 Å². The molecule has 98 valence electrons. The van der Waals surface area contributed by atoms with Crippen molar-refractivity contribution < 1.29 is 9.59 Å². The van der Waals surface area contributed by atoms with Crippen LogP contribution in [0.4, 0.5) is 5.13 Å². The van der Waals surface area contributed by atoms with Crippen molar-refractivity contribution in [2.45, 2.75) is 20.8 Å². The third-order valence-electron chi connectivity index (χ3n) is 2.30. The van der Waals surface area contributed by atoms with Crippen LogP contribution in [0.5, 0.6) is 0 Å². The molecule has 18 heavy (non-hydrogen) atoms. The van der Waals surface area contributed by atoms with Crippen molar-refractivity contribution in [1.29, 1.82) is 0 Å². The fraction of sp³-hybridized carbons (Fsp3) is 0.417. The number of thiazole rings is 1. The number of nitrogens with zero attached hydrogens (tertiary/aromatic N) is 2. The van der Waals surface area contributed by atoms with Crippen LogP contribution in [-0.4, -0.2) is 34.8 Å². The van der Waals surface area contributed by atoms with Crippen LogP contribution in [0.1, 0.15) is 19.5 Å². The fourth-order valence-corrected chi connectivity index (χ4v) is 2.04. The second-order valence-corrected chi connectivity index (χ2v) is 4.49. The molecule has 1 N–H and O–H groups in total. The van der Waals surface area contributed by atoms with Crippen molar-refractivity contribution in [1.82, 2.24) is 9.88 Å². The van der Waals surface area contributed by atoms with Crippen molar-refractivity contribution in [3.63, 3.8) is 0 Å². The van der Waals surface area contributed by atoms with E-state index in [1.165, 1.54) is 23.5 Å². The van der Waals surface area contributed by atoms with Crippen molar-refractivity contribution >= 4 is 28.3 Å². The third kappa shape index (κ3) is 4.29. The van der Waals surface area contributed by atoms with Crippen LogP contribution < -0.4 is 5.32 Å². The molecule has 0 bridgehead atoms. The first-order valence-corrected chi connectivity index (χ1v) is 6.64. The minimum absolute atomic E-state index is 0.162. The van der Waals surface area contributed by atoms with Crippen LogP contribution in [0.25, 0.3) is 0 Å². The molecular weight excluding hydrogens is 250 g/mol. The molecular formula is C12H17N3O2S. The molecule has 1 aromatic heterocycles. The summed E-state index contributed by atoms with van der Waals surface area (Å²) in [6.07, 6.45) is 2.51. The van der Waals surface area contributed by atoms with E-state index in [9.17, 15) is 9.59 Å². The van der Waals surface area contributed by atoms with Gasteiger partial charge in [0.25, 0.3) is 0 Å². The van der Waals surface area contributed by atoms with Gasteiger partial charge in [0, 0.05) is 30.6 Å². The molecule has 0 spiro atoms. The molecule has 2 amide bonds. The van der Waals surface area contributed by atoms with E-state index in [-0.39, 0.29) is 11.8 Å². The van der Waals surface area contributed by atoms with E-state index in [0.717, 1.165) is 5.69 Å². The van der Waals surface area contributed by atoms with Crippen LogP contribution >= 0.6 is 11.3 Å². The monoisotopic (exact) mass is 267 g/mol. The summed E-state index contributed by atoms with van der Waals surface area (Å²) in [5.41, 5.74) is 0.860. The topological polar surface area (TPSA) is 62.3 Å².